The summed E-state index contributed by atoms with van der Waals surface area (Å²) in [6, 6.07) is 1.19. The summed E-state index contributed by atoms with van der Waals surface area (Å²) in [4.78, 5) is 0. The molecule has 2 bridgehead atoms. The van der Waals surface area contributed by atoms with Crippen molar-refractivity contribution in [2.24, 2.45) is 23.7 Å². The summed E-state index contributed by atoms with van der Waals surface area (Å²) in [5.41, 5.74) is 0. The van der Waals surface area contributed by atoms with Gasteiger partial charge in [-0.25, -0.2) is 0 Å². The zero-order valence-electron chi connectivity index (χ0n) is 10.8. The molecular weight excluding hydrogens is 210 g/mol. The first kappa shape index (κ1) is 11.7. The molecule has 0 saturated heterocycles. The molecule has 0 aromatic rings. The number of aliphatic hydroxyl groups is 1. The van der Waals surface area contributed by atoms with Crippen LogP contribution < -0.4 is 5.32 Å². The van der Waals surface area contributed by atoms with Crippen LogP contribution in [0.25, 0.3) is 0 Å². The zero-order valence-corrected chi connectivity index (χ0v) is 10.8. The third kappa shape index (κ3) is 2.17. The quantitative estimate of drug-likeness (QED) is 0.733. The Morgan fingerprint density at radius 3 is 2.82 bits per heavy atom. The number of rotatable bonds is 4. The Kier molecular flexibility index (Phi) is 3.27. The first-order valence-corrected chi connectivity index (χ1v) is 7.33. The van der Waals surface area contributed by atoms with Gasteiger partial charge in [0.15, 0.2) is 0 Å². The van der Waals surface area contributed by atoms with E-state index >= 15 is 0 Å². The van der Waals surface area contributed by atoms with Gasteiger partial charge in [-0.2, -0.15) is 0 Å². The van der Waals surface area contributed by atoms with Gasteiger partial charge in [0, 0.05) is 18.7 Å². The van der Waals surface area contributed by atoms with E-state index in [2.05, 4.69) is 24.4 Å². The van der Waals surface area contributed by atoms with Crippen LogP contribution in [0.5, 0.6) is 0 Å². The van der Waals surface area contributed by atoms with Crippen LogP contribution >= 0.6 is 0 Å². The van der Waals surface area contributed by atoms with Crippen LogP contribution in [0.15, 0.2) is 12.2 Å². The molecule has 0 aromatic carbocycles. The molecule has 2 heteroatoms. The monoisotopic (exact) mass is 235 g/mol. The van der Waals surface area contributed by atoms with Gasteiger partial charge in [-0.15, -0.1) is 0 Å². The number of hydrogen-bond acceptors (Lipinski definition) is 2. The highest BCUT2D eigenvalue weighted by molar-refractivity contribution is 5.11. The fourth-order valence-corrected chi connectivity index (χ4v) is 4.33. The highest BCUT2D eigenvalue weighted by Crippen LogP contribution is 2.45. The maximum atomic E-state index is 9.37. The predicted octanol–water partition coefficient (Wildman–Crippen LogP) is 2.34. The molecule has 0 aromatic heterocycles. The highest BCUT2D eigenvalue weighted by Gasteiger charge is 2.39. The molecule has 2 N–H and O–H groups in total. The van der Waals surface area contributed by atoms with Crippen molar-refractivity contribution < 1.29 is 5.11 Å². The minimum absolute atomic E-state index is 0.362. The minimum Gasteiger partial charge on any atom is -0.396 e. The van der Waals surface area contributed by atoms with Crippen molar-refractivity contribution in [3.05, 3.63) is 12.2 Å². The van der Waals surface area contributed by atoms with Gasteiger partial charge in [0.25, 0.3) is 0 Å². The second-order valence-corrected chi connectivity index (χ2v) is 6.38. The van der Waals surface area contributed by atoms with Crippen molar-refractivity contribution in [2.45, 2.75) is 51.1 Å². The minimum atomic E-state index is 0.362. The summed E-state index contributed by atoms with van der Waals surface area (Å²) >= 11 is 0. The Hall–Kier alpha value is -0.340. The van der Waals surface area contributed by atoms with Crippen LogP contribution in [0.4, 0.5) is 0 Å². The van der Waals surface area contributed by atoms with E-state index in [1.165, 1.54) is 32.1 Å². The number of fused-ring (bicyclic) bond motifs is 2. The van der Waals surface area contributed by atoms with Gasteiger partial charge in [0.05, 0.1) is 0 Å². The molecule has 3 aliphatic rings. The third-order valence-corrected chi connectivity index (χ3v) is 5.34. The Bertz CT molecular complexity index is 301. The zero-order chi connectivity index (χ0) is 11.8. The molecule has 0 heterocycles. The molecule has 6 atom stereocenters. The van der Waals surface area contributed by atoms with Gasteiger partial charge >= 0.3 is 0 Å². The first-order chi connectivity index (χ1) is 8.28. The van der Waals surface area contributed by atoms with Crippen LogP contribution in [0.3, 0.4) is 0 Å². The molecule has 17 heavy (non-hydrogen) atoms. The van der Waals surface area contributed by atoms with E-state index in [1.807, 2.05) is 0 Å². The average Bonchev–Trinajstić information content (AvgIpc) is 3.03. The maximum absolute atomic E-state index is 9.37. The summed E-state index contributed by atoms with van der Waals surface area (Å²) in [7, 11) is 0. The summed E-state index contributed by atoms with van der Waals surface area (Å²) in [6.45, 7) is 2.72. The molecule has 3 rings (SSSR count). The van der Waals surface area contributed by atoms with Gasteiger partial charge in [-0.1, -0.05) is 18.6 Å². The van der Waals surface area contributed by atoms with Crippen molar-refractivity contribution in [3.8, 4) is 0 Å². The van der Waals surface area contributed by atoms with Crippen molar-refractivity contribution in [3.63, 3.8) is 0 Å². The van der Waals surface area contributed by atoms with Gasteiger partial charge in [0.1, 0.15) is 0 Å². The molecule has 2 saturated carbocycles. The van der Waals surface area contributed by atoms with Crippen LogP contribution in [0.2, 0.25) is 0 Å². The lowest BCUT2D eigenvalue weighted by molar-refractivity contribution is 0.189. The Labute approximate surface area is 104 Å². The van der Waals surface area contributed by atoms with Gasteiger partial charge in [0.2, 0.25) is 0 Å². The second-order valence-electron chi connectivity index (χ2n) is 6.38. The Morgan fingerprint density at radius 2 is 2.18 bits per heavy atom. The van der Waals surface area contributed by atoms with Crippen molar-refractivity contribution in [1.82, 2.24) is 5.32 Å². The average molecular weight is 235 g/mol. The normalized spacial score (nSPS) is 45.6. The molecule has 0 aliphatic heterocycles. The van der Waals surface area contributed by atoms with Crippen molar-refractivity contribution >= 4 is 0 Å². The lowest BCUT2D eigenvalue weighted by Crippen LogP contribution is -2.44. The van der Waals surface area contributed by atoms with Crippen molar-refractivity contribution in [1.29, 1.82) is 0 Å². The van der Waals surface area contributed by atoms with E-state index in [0.29, 0.717) is 24.6 Å². The molecule has 2 nitrogen and oxygen atoms in total. The molecule has 2 fully saturated rings. The standard InChI is InChI=1S/C15H25NO/c1-10(14-8-11-5-6-12(14)7-11)16-15-4-2-3-13(15)9-17/h5-6,10-17H,2-4,7-9H2,1H3. The van der Waals surface area contributed by atoms with E-state index in [4.69, 9.17) is 0 Å². The number of nitrogens with one attached hydrogen (secondary N) is 1. The summed E-state index contributed by atoms with van der Waals surface area (Å²) < 4.78 is 0. The number of allylic oxidation sites excluding steroid dienone is 2. The maximum Gasteiger partial charge on any atom is 0.0474 e. The molecular formula is C15H25NO. The van der Waals surface area contributed by atoms with Crippen molar-refractivity contribution in [2.75, 3.05) is 6.61 Å². The lowest BCUT2D eigenvalue weighted by Gasteiger charge is -2.31. The number of aliphatic hydroxyl groups excluding tert-OH is 1. The van der Waals surface area contributed by atoms with E-state index in [9.17, 15) is 5.11 Å². The van der Waals surface area contributed by atoms with E-state index in [0.717, 1.165) is 17.8 Å². The molecule has 0 spiro atoms. The topological polar surface area (TPSA) is 32.3 Å². The van der Waals surface area contributed by atoms with Gasteiger partial charge < -0.3 is 10.4 Å². The predicted molar refractivity (Wildman–Crippen MR) is 69.7 cm³/mol. The van der Waals surface area contributed by atoms with Crippen LogP contribution in [-0.4, -0.2) is 23.8 Å². The number of hydrogen-bond donors (Lipinski definition) is 2. The van der Waals surface area contributed by atoms with E-state index in [1.54, 1.807) is 0 Å². The lowest BCUT2D eigenvalue weighted by atomic mass is 9.87. The molecule has 0 amide bonds. The van der Waals surface area contributed by atoms with E-state index < -0.39 is 0 Å². The summed E-state index contributed by atoms with van der Waals surface area (Å²) in [5.74, 6) is 3.04. The van der Waals surface area contributed by atoms with Gasteiger partial charge in [-0.3, -0.25) is 0 Å². The molecule has 96 valence electrons. The second kappa shape index (κ2) is 4.74. The third-order valence-electron chi connectivity index (χ3n) is 5.34. The van der Waals surface area contributed by atoms with Gasteiger partial charge in [-0.05, 0) is 56.3 Å². The Balaban J connectivity index is 1.56. The molecule has 3 aliphatic carbocycles. The highest BCUT2D eigenvalue weighted by atomic mass is 16.3. The van der Waals surface area contributed by atoms with E-state index in [-0.39, 0.29) is 0 Å². The smallest absolute Gasteiger partial charge is 0.0474 e. The Morgan fingerprint density at radius 1 is 1.29 bits per heavy atom. The molecule has 0 radical (unpaired) electrons. The van der Waals surface area contributed by atoms with Crippen LogP contribution in [0.1, 0.15) is 39.0 Å². The summed E-state index contributed by atoms with van der Waals surface area (Å²) in [5, 5.41) is 13.2. The molecule has 6 unspecified atom stereocenters. The fourth-order valence-electron chi connectivity index (χ4n) is 4.33. The largest absolute Gasteiger partial charge is 0.396 e. The first-order valence-electron chi connectivity index (χ1n) is 7.33. The van der Waals surface area contributed by atoms with Crippen LogP contribution in [0, 0.1) is 23.7 Å². The van der Waals surface area contributed by atoms with Crippen LogP contribution in [-0.2, 0) is 0 Å². The SMILES string of the molecule is CC(NC1CCCC1CO)C1CC2C=CC1C2. The summed E-state index contributed by atoms with van der Waals surface area (Å²) in [6.07, 6.45) is 11.4. The fraction of sp³-hybridized carbons (Fsp3) is 0.867.